The molecular formula is C13H17NO4. The van der Waals surface area contributed by atoms with Crippen molar-refractivity contribution in [2.24, 2.45) is 0 Å². The highest BCUT2D eigenvalue weighted by Gasteiger charge is 2.15. The Balaban J connectivity index is 2.75. The van der Waals surface area contributed by atoms with Crippen LogP contribution in [0, 0.1) is 0 Å². The molecule has 0 aliphatic carbocycles. The molecule has 0 unspecified atom stereocenters. The molecule has 0 bridgehead atoms. The van der Waals surface area contributed by atoms with Crippen molar-refractivity contribution in [1.82, 2.24) is 5.32 Å². The first kappa shape index (κ1) is 14.0. The fourth-order valence-corrected chi connectivity index (χ4v) is 1.28. The lowest BCUT2D eigenvalue weighted by Crippen LogP contribution is -2.40. The van der Waals surface area contributed by atoms with Gasteiger partial charge < -0.3 is 15.2 Å². The van der Waals surface area contributed by atoms with E-state index in [1.165, 1.54) is 6.07 Å². The van der Waals surface area contributed by atoms with E-state index in [-0.39, 0.29) is 11.4 Å². The standard InChI is InChI=1S/C13H17NO4/c1-13(2,3)14-12(17)9-5-4-6-10(7-9)18-8-11(15)16/h4-7H,8H2,1-3H3,(H,14,17)(H,15,16). The van der Waals surface area contributed by atoms with E-state index < -0.39 is 12.6 Å². The van der Waals surface area contributed by atoms with Gasteiger partial charge in [0, 0.05) is 11.1 Å². The maximum atomic E-state index is 11.9. The second kappa shape index (κ2) is 5.53. The predicted molar refractivity (Wildman–Crippen MR) is 66.8 cm³/mol. The van der Waals surface area contributed by atoms with Crippen LogP contribution in [0.1, 0.15) is 31.1 Å². The van der Waals surface area contributed by atoms with Crippen LogP contribution in [0.5, 0.6) is 5.75 Å². The molecule has 0 atom stereocenters. The van der Waals surface area contributed by atoms with Crippen molar-refractivity contribution < 1.29 is 19.4 Å². The van der Waals surface area contributed by atoms with Gasteiger partial charge in [0.05, 0.1) is 0 Å². The number of amides is 1. The maximum absolute atomic E-state index is 11.9. The lowest BCUT2D eigenvalue weighted by Gasteiger charge is -2.20. The van der Waals surface area contributed by atoms with E-state index in [0.29, 0.717) is 11.3 Å². The number of hydrogen-bond donors (Lipinski definition) is 2. The van der Waals surface area contributed by atoms with Crippen LogP contribution in [-0.2, 0) is 4.79 Å². The number of aliphatic carboxylic acids is 1. The zero-order valence-corrected chi connectivity index (χ0v) is 10.7. The van der Waals surface area contributed by atoms with Gasteiger partial charge >= 0.3 is 5.97 Å². The summed E-state index contributed by atoms with van der Waals surface area (Å²) in [6, 6.07) is 6.42. The second-order valence-corrected chi connectivity index (χ2v) is 4.91. The molecule has 1 rings (SSSR count). The van der Waals surface area contributed by atoms with Crippen molar-refractivity contribution in [2.75, 3.05) is 6.61 Å². The Bertz CT molecular complexity index is 449. The molecule has 0 fully saturated rings. The van der Waals surface area contributed by atoms with Crippen molar-refractivity contribution in [1.29, 1.82) is 0 Å². The van der Waals surface area contributed by atoms with Crippen molar-refractivity contribution >= 4 is 11.9 Å². The zero-order chi connectivity index (χ0) is 13.8. The first-order chi connectivity index (χ1) is 8.28. The molecule has 5 nitrogen and oxygen atoms in total. The van der Waals surface area contributed by atoms with E-state index in [4.69, 9.17) is 9.84 Å². The molecular weight excluding hydrogens is 234 g/mol. The summed E-state index contributed by atoms with van der Waals surface area (Å²) < 4.78 is 5.01. The Morgan fingerprint density at radius 2 is 2.00 bits per heavy atom. The summed E-state index contributed by atoms with van der Waals surface area (Å²) >= 11 is 0. The van der Waals surface area contributed by atoms with E-state index in [9.17, 15) is 9.59 Å². The topological polar surface area (TPSA) is 75.6 Å². The van der Waals surface area contributed by atoms with Gasteiger partial charge in [0.25, 0.3) is 5.91 Å². The number of carboxylic acids is 1. The van der Waals surface area contributed by atoms with Crippen LogP contribution < -0.4 is 10.1 Å². The van der Waals surface area contributed by atoms with Crippen LogP contribution in [0.25, 0.3) is 0 Å². The quantitative estimate of drug-likeness (QED) is 0.853. The molecule has 0 heterocycles. The fourth-order valence-electron chi connectivity index (χ4n) is 1.28. The average molecular weight is 251 g/mol. The maximum Gasteiger partial charge on any atom is 0.341 e. The number of ether oxygens (including phenoxy) is 1. The Hall–Kier alpha value is -2.04. The van der Waals surface area contributed by atoms with Crippen LogP contribution in [-0.4, -0.2) is 29.1 Å². The van der Waals surface area contributed by atoms with Crippen molar-refractivity contribution in [3.63, 3.8) is 0 Å². The number of rotatable bonds is 4. The molecule has 2 N–H and O–H groups in total. The minimum atomic E-state index is -1.06. The monoisotopic (exact) mass is 251 g/mol. The molecule has 98 valence electrons. The Kier molecular flexibility index (Phi) is 4.31. The molecule has 0 aliphatic heterocycles. The second-order valence-electron chi connectivity index (χ2n) is 4.91. The predicted octanol–water partition coefficient (Wildman–Crippen LogP) is 1.68. The molecule has 0 saturated heterocycles. The summed E-state index contributed by atoms with van der Waals surface area (Å²) in [5, 5.41) is 11.3. The van der Waals surface area contributed by atoms with Gasteiger partial charge in [-0.25, -0.2) is 4.79 Å². The summed E-state index contributed by atoms with van der Waals surface area (Å²) in [5.41, 5.74) is 0.113. The van der Waals surface area contributed by atoms with Gasteiger partial charge in [-0.15, -0.1) is 0 Å². The van der Waals surface area contributed by atoms with E-state index in [2.05, 4.69) is 5.32 Å². The van der Waals surface area contributed by atoms with Crippen LogP contribution in [0.4, 0.5) is 0 Å². The molecule has 0 aromatic heterocycles. The van der Waals surface area contributed by atoms with Gasteiger partial charge in [-0.2, -0.15) is 0 Å². The van der Waals surface area contributed by atoms with E-state index >= 15 is 0 Å². The van der Waals surface area contributed by atoms with E-state index in [1.807, 2.05) is 20.8 Å². The highest BCUT2D eigenvalue weighted by atomic mass is 16.5. The Morgan fingerprint density at radius 3 is 2.56 bits per heavy atom. The highest BCUT2D eigenvalue weighted by molar-refractivity contribution is 5.95. The average Bonchev–Trinajstić information content (AvgIpc) is 2.24. The summed E-state index contributed by atoms with van der Waals surface area (Å²) in [4.78, 5) is 22.2. The van der Waals surface area contributed by atoms with Crippen molar-refractivity contribution in [2.45, 2.75) is 26.3 Å². The molecule has 0 aliphatic rings. The lowest BCUT2D eigenvalue weighted by atomic mass is 10.1. The molecule has 0 spiro atoms. The summed E-state index contributed by atoms with van der Waals surface area (Å²) in [6.45, 7) is 5.23. The van der Waals surface area contributed by atoms with Gasteiger partial charge in [-0.05, 0) is 39.0 Å². The molecule has 1 aromatic rings. The fraction of sp³-hybridized carbons (Fsp3) is 0.385. The molecule has 5 heteroatoms. The number of hydrogen-bond acceptors (Lipinski definition) is 3. The third-order valence-corrected chi connectivity index (χ3v) is 1.95. The normalized spacial score (nSPS) is 10.8. The van der Waals surface area contributed by atoms with Crippen molar-refractivity contribution in [3.8, 4) is 5.75 Å². The van der Waals surface area contributed by atoms with Crippen LogP contribution in [0.3, 0.4) is 0 Å². The smallest absolute Gasteiger partial charge is 0.341 e. The first-order valence-corrected chi connectivity index (χ1v) is 5.55. The summed E-state index contributed by atoms with van der Waals surface area (Å²) in [7, 11) is 0. The molecule has 1 amide bonds. The Morgan fingerprint density at radius 1 is 1.33 bits per heavy atom. The minimum Gasteiger partial charge on any atom is -0.482 e. The summed E-state index contributed by atoms with van der Waals surface area (Å²) in [5.74, 6) is -0.915. The number of benzene rings is 1. The number of carboxylic acid groups (broad SMARTS) is 1. The largest absolute Gasteiger partial charge is 0.482 e. The molecule has 0 radical (unpaired) electrons. The molecule has 1 aromatic carbocycles. The first-order valence-electron chi connectivity index (χ1n) is 5.55. The lowest BCUT2D eigenvalue weighted by molar-refractivity contribution is -0.139. The number of carbonyl (C=O) groups is 2. The number of nitrogens with one attached hydrogen (secondary N) is 1. The summed E-state index contributed by atoms with van der Waals surface area (Å²) in [6.07, 6.45) is 0. The van der Waals surface area contributed by atoms with Gasteiger partial charge in [0.1, 0.15) is 5.75 Å². The highest BCUT2D eigenvalue weighted by Crippen LogP contribution is 2.14. The zero-order valence-electron chi connectivity index (χ0n) is 10.7. The van der Waals surface area contributed by atoms with Crippen LogP contribution >= 0.6 is 0 Å². The third-order valence-electron chi connectivity index (χ3n) is 1.95. The Labute approximate surface area is 106 Å². The van der Waals surface area contributed by atoms with E-state index in [0.717, 1.165) is 0 Å². The van der Waals surface area contributed by atoms with E-state index in [1.54, 1.807) is 18.2 Å². The third kappa shape index (κ3) is 4.86. The van der Waals surface area contributed by atoms with Gasteiger partial charge in [-0.3, -0.25) is 4.79 Å². The van der Waals surface area contributed by atoms with Crippen molar-refractivity contribution in [3.05, 3.63) is 29.8 Å². The van der Waals surface area contributed by atoms with Crippen LogP contribution in [0.2, 0.25) is 0 Å². The van der Waals surface area contributed by atoms with Gasteiger partial charge in [0.15, 0.2) is 6.61 Å². The molecule has 18 heavy (non-hydrogen) atoms. The SMILES string of the molecule is CC(C)(C)NC(=O)c1cccc(OCC(=O)O)c1. The molecule has 0 saturated carbocycles. The van der Waals surface area contributed by atoms with Gasteiger partial charge in [-0.1, -0.05) is 6.07 Å². The number of carbonyl (C=O) groups excluding carboxylic acids is 1. The van der Waals surface area contributed by atoms with Gasteiger partial charge in [0.2, 0.25) is 0 Å². The van der Waals surface area contributed by atoms with Crippen LogP contribution in [0.15, 0.2) is 24.3 Å². The minimum absolute atomic E-state index is 0.219.